The molecule has 1 aliphatic rings. The summed E-state index contributed by atoms with van der Waals surface area (Å²) in [6.45, 7) is 5.34. The van der Waals surface area contributed by atoms with Crippen molar-refractivity contribution in [3.05, 3.63) is 35.0 Å². The van der Waals surface area contributed by atoms with Crippen LogP contribution in [-0.4, -0.2) is 30.0 Å². The molecule has 0 aromatic heterocycles. The molecule has 134 valence electrons. The number of carbonyl (C=O) groups excluding carboxylic acids is 2. The first-order chi connectivity index (χ1) is 11.8. The molecule has 8 heteroatoms. The highest BCUT2D eigenvalue weighted by atomic mass is 32.1. The molecule has 4 N–H and O–H groups in total. The second kappa shape index (κ2) is 7.98. The average molecular weight is 363 g/mol. The van der Waals surface area contributed by atoms with Crippen molar-refractivity contribution in [1.82, 2.24) is 10.6 Å². The quantitative estimate of drug-likeness (QED) is 0.628. The number of benzene rings is 1. The lowest BCUT2D eigenvalue weighted by atomic mass is 9.93. The third-order valence-electron chi connectivity index (χ3n) is 3.62. The van der Waals surface area contributed by atoms with Crippen LogP contribution in [0.15, 0.2) is 29.5 Å². The van der Waals surface area contributed by atoms with Gasteiger partial charge in [-0.25, -0.2) is 0 Å². The molecule has 1 aliphatic heterocycles. The Labute approximate surface area is 151 Å². The lowest BCUT2D eigenvalue weighted by molar-refractivity contribution is -0.120. The zero-order chi connectivity index (χ0) is 18.6. The van der Waals surface area contributed by atoms with E-state index in [0.29, 0.717) is 34.5 Å². The Morgan fingerprint density at radius 3 is 2.60 bits per heavy atom. The predicted octanol–water partition coefficient (Wildman–Crippen LogP) is 1.33. The van der Waals surface area contributed by atoms with Crippen LogP contribution in [0.1, 0.15) is 32.4 Å². The van der Waals surface area contributed by atoms with Gasteiger partial charge in [0.1, 0.15) is 0 Å². The molecule has 1 aromatic carbocycles. The fourth-order valence-corrected chi connectivity index (χ4v) is 2.92. The first-order valence-electron chi connectivity index (χ1n) is 7.80. The summed E-state index contributed by atoms with van der Waals surface area (Å²) in [5.41, 5.74) is 7.22. The molecular weight excluding hydrogens is 342 g/mol. The number of ether oxygens (including phenoxy) is 2. The van der Waals surface area contributed by atoms with E-state index in [9.17, 15) is 9.59 Å². The van der Waals surface area contributed by atoms with Crippen LogP contribution in [0.25, 0.3) is 0 Å². The van der Waals surface area contributed by atoms with E-state index in [0.717, 1.165) is 5.56 Å². The summed E-state index contributed by atoms with van der Waals surface area (Å²) in [7, 11) is 0. The molecule has 0 aliphatic carbocycles. The van der Waals surface area contributed by atoms with Crippen LogP contribution in [0.4, 0.5) is 0 Å². The average Bonchev–Trinajstić information content (AvgIpc) is 2.52. The highest BCUT2D eigenvalue weighted by Crippen LogP contribution is 2.34. The van der Waals surface area contributed by atoms with E-state index < -0.39 is 11.9 Å². The largest absolute Gasteiger partial charge is 0.490 e. The molecule has 1 amide bonds. The lowest BCUT2D eigenvalue weighted by Crippen LogP contribution is -2.44. The molecule has 2 rings (SSSR count). The molecule has 25 heavy (non-hydrogen) atoms. The standard InChI is InChI=1S/C17H21N3O4S/c1-4-23-13-7-11(5-6-12(13)24-8-14(18)22)16-15(10(3)21)9(2)19-17(25)20-16/h5-7,16H,4,8H2,1-3H3,(H2,18,22)(H2,19,20,25). The second-order valence-electron chi connectivity index (χ2n) is 5.52. The van der Waals surface area contributed by atoms with Crippen molar-refractivity contribution >= 4 is 29.0 Å². The summed E-state index contributed by atoms with van der Waals surface area (Å²) >= 11 is 5.20. The number of nitrogens with one attached hydrogen (secondary N) is 2. The Kier molecular flexibility index (Phi) is 5.97. The Bertz CT molecular complexity index is 745. The first kappa shape index (κ1) is 18.7. The molecule has 0 saturated heterocycles. The minimum atomic E-state index is -0.575. The third-order valence-corrected chi connectivity index (χ3v) is 3.84. The van der Waals surface area contributed by atoms with Crippen LogP contribution >= 0.6 is 12.2 Å². The summed E-state index contributed by atoms with van der Waals surface area (Å²) in [5, 5.41) is 6.51. The Balaban J connectivity index is 2.42. The molecule has 1 heterocycles. The van der Waals surface area contributed by atoms with Gasteiger partial charge < -0.3 is 25.8 Å². The van der Waals surface area contributed by atoms with Crippen LogP contribution in [0, 0.1) is 0 Å². The maximum absolute atomic E-state index is 12.1. The maximum Gasteiger partial charge on any atom is 0.255 e. The number of ketones is 1. The van der Waals surface area contributed by atoms with E-state index in [-0.39, 0.29) is 12.4 Å². The number of thiocarbonyl (C=S) groups is 1. The van der Waals surface area contributed by atoms with Gasteiger partial charge in [0.15, 0.2) is 29.0 Å². The highest BCUT2D eigenvalue weighted by molar-refractivity contribution is 7.80. The van der Waals surface area contributed by atoms with E-state index in [1.807, 2.05) is 13.8 Å². The van der Waals surface area contributed by atoms with Crippen molar-refractivity contribution in [2.45, 2.75) is 26.8 Å². The van der Waals surface area contributed by atoms with Crippen LogP contribution < -0.4 is 25.8 Å². The van der Waals surface area contributed by atoms with Crippen molar-refractivity contribution in [2.75, 3.05) is 13.2 Å². The van der Waals surface area contributed by atoms with Gasteiger partial charge in [-0.15, -0.1) is 0 Å². The van der Waals surface area contributed by atoms with Gasteiger partial charge in [0.2, 0.25) is 0 Å². The van der Waals surface area contributed by atoms with Crippen molar-refractivity contribution in [3.8, 4) is 11.5 Å². The number of allylic oxidation sites excluding steroid dienone is 1. The Morgan fingerprint density at radius 1 is 1.28 bits per heavy atom. The summed E-state index contributed by atoms with van der Waals surface area (Å²) in [4.78, 5) is 23.0. The van der Waals surface area contributed by atoms with Crippen LogP contribution in [0.3, 0.4) is 0 Å². The van der Waals surface area contributed by atoms with E-state index in [1.54, 1.807) is 18.2 Å². The van der Waals surface area contributed by atoms with Crippen molar-refractivity contribution in [1.29, 1.82) is 0 Å². The van der Waals surface area contributed by atoms with Gasteiger partial charge in [-0.05, 0) is 50.7 Å². The van der Waals surface area contributed by atoms with Crippen LogP contribution in [0.5, 0.6) is 11.5 Å². The van der Waals surface area contributed by atoms with Gasteiger partial charge in [-0.1, -0.05) is 6.07 Å². The van der Waals surface area contributed by atoms with Crippen LogP contribution in [-0.2, 0) is 9.59 Å². The van der Waals surface area contributed by atoms with Gasteiger partial charge in [0, 0.05) is 11.3 Å². The minimum absolute atomic E-state index is 0.0583. The molecular formula is C17H21N3O4S. The fourth-order valence-electron chi connectivity index (χ4n) is 2.65. The molecule has 1 atom stereocenters. The SMILES string of the molecule is CCOc1cc(C2NC(=S)NC(C)=C2C(C)=O)ccc1OCC(N)=O. The van der Waals surface area contributed by atoms with E-state index >= 15 is 0 Å². The molecule has 1 aromatic rings. The smallest absolute Gasteiger partial charge is 0.255 e. The normalized spacial score (nSPS) is 16.8. The molecule has 0 bridgehead atoms. The first-order valence-corrected chi connectivity index (χ1v) is 8.21. The van der Waals surface area contributed by atoms with Gasteiger partial charge >= 0.3 is 0 Å². The molecule has 0 fully saturated rings. The second-order valence-corrected chi connectivity index (χ2v) is 5.93. The number of nitrogens with two attached hydrogens (primary N) is 1. The number of hydrogen-bond acceptors (Lipinski definition) is 5. The molecule has 1 unspecified atom stereocenters. The van der Waals surface area contributed by atoms with Crippen LogP contribution in [0.2, 0.25) is 0 Å². The zero-order valence-electron chi connectivity index (χ0n) is 14.3. The van der Waals surface area contributed by atoms with Gasteiger partial charge in [0.05, 0.1) is 12.6 Å². The molecule has 7 nitrogen and oxygen atoms in total. The summed E-state index contributed by atoms with van der Waals surface area (Å²) in [6.07, 6.45) is 0. The minimum Gasteiger partial charge on any atom is -0.490 e. The third kappa shape index (κ3) is 4.48. The van der Waals surface area contributed by atoms with E-state index in [4.69, 9.17) is 27.4 Å². The monoisotopic (exact) mass is 363 g/mol. The van der Waals surface area contributed by atoms with Gasteiger partial charge in [0.25, 0.3) is 5.91 Å². The number of Topliss-reactive ketones (excluding diaryl/α,β-unsaturated/α-hetero) is 1. The van der Waals surface area contributed by atoms with E-state index in [1.165, 1.54) is 6.92 Å². The Hall–Kier alpha value is -2.61. The molecule has 0 spiro atoms. The molecule has 0 radical (unpaired) electrons. The topological polar surface area (TPSA) is 103 Å². The summed E-state index contributed by atoms with van der Waals surface area (Å²) < 4.78 is 11.0. The predicted molar refractivity (Wildman–Crippen MR) is 97.3 cm³/mol. The maximum atomic E-state index is 12.1. The number of primary amides is 1. The summed E-state index contributed by atoms with van der Waals surface area (Å²) in [6, 6.07) is 4.85. The summed E-state index contributed by atoms with van der Waals surface area (Å²) in [5.74, 6) is 0.241. The number of carbonyl (C=O) groups is 2. The molecule has 0 saturated carbocycles. The lowest BCUT2D eigenvalue weighted by Gasteiger charge is -2.30. The van der Waals surface area contributed by atoms with E-state index in [2.05, 4.69) is 10.6 Å². The van der Waals surface area contributed by atoms with Crippen molar-refractivity contribution < 1.29 is 19.1 Å². The Morgan fingerprint density at radius 2 is 2.00 bits per heavy atom. The number of rotatable bonds is 7. The number of hydrogen-bond donors (Lipinski definition) is 3. The number of amides is 1. The zero-order valence-corrected chi connectivity index (χ0v) is 15.2. The van der Waals surface area contributed by atoms with Gasteiger partial charge in [-0.2, -0.15) is 0 Å². The highest BCUT2D eigenvalue weighted by Gasteiger charge is 2.28. The van der Waals surface area contributed by atoms with Crippen molar-refractivity contribution in [3.63, 3.8) is 0 Å². The van der Waals surface area contributed by atoms with Gasteiger partial charge in [-0.3, -0.25) is 9.59 Å². The van der Waals surface area contributed by atoms with Crippen molar-refractivity contribution in [2.24, 2.45) is 5.73 Å². The fraction of sp³-hybridized carbons (Fsp3) is 0.353.